The van der Waals surface area contributed by atoms with Gasteiger partial charge in [0.1, 0.15) is 11.8 Å². The van der Waals surface area contributed by atoms with E-state index in [0.29, 0.717) is 5.69 Å². The molecule has 1 aromatic heterocycles. The van der Waals surface area contributed by atoms with Crippen LogP contribution in [0.1, 0.15) is 37.2 Å². The van der Waals surface area contributed by atoms with Crippen molar-refractivity contribution >= 4 is 0 Å². The molecule has 0 aliphatic rings. The molecular weight excluding hydrogens is 162 g/mol. The Morgan fingerprint density at radius 3 is 3.00 bits per heavy atom. The first-order valence-corrected chi connectivity index (χ1v) is 4.40. The fourth-order valence-electron chi connectivity index (χ4n) is 1.18. The number of nitrogens with zero attached hydrogens (tertiary/aromatic N) is 2. The molecule has 2 N–H and O–H groups in total. The summed E-state index contributed by atoms with van der Waals surface area (Å²) < 4.78 is 0. The third kappa shape index (κ3) is 2.53. The van der Waals surface area contributed by atoms with Gasteiger partial charge in [0.2, 0.25) is 0 Å². The van der Waals surface area contributed by atoms with Crippen LogP contribution in [0, 0.1) is 11.3 Å². The van der Waals surface area contributed by atoms with Crippen molar-refractivity contribution < 1.29 is 0 Å². The van der Waals surface area contributed by atoms with E-state index in [1.54, 1.807) is 6.07 Å². The molecular formula is C10H13N3. The Morgan fingerprint density at radius 2 is 2.38 bits per heavy atom. The Hall–Kier alpha value is -1.40. The van der Waals surface area contributed by atoms with Crippen molar-refractivity contribution in [3.8, 4) is 6.07 Å². The Kier molecular flexibility index (Phi) is 3.41. The van der Waals surface area contributed by atoms with Crippen LogP contribution in [0.3, 0.4) is 0 Å². The van der Waals surface area contributed by atoms with Crippen LogP contribution in [0.25, 0.3) is 0 Å². The smallest absolute Gasteiger partial charge is 0.140 e. The van der Waals surface area contributed by atoms with E-state index in [1.165, 1.54) is 0 Å². The standard InChI is InChI=1S/C10H13N3/c1-2-4-9(12)10-6-3-5-8(7-11)13-10/h3,5-6,9H,2,4,12H2,1H3/t9-/m1/s1. The fourth-order valence-corrected chi connectivity index (χ4v) is 1.18. The van der Waals surface area contributed by atoms with Crippen LogP contribution in [-0.4, -0.2) is 4.98 Å². The molecule has 1 atom stereocenters. The van der Waals surface area contributed by atoms with E-state index in [-0.39, 0.29) is 6.04 Å². The average Bonchev–Trinajstić information content (AvgIpc) is 2.18. The first-order valence-electron chi connectivity index (χ1n) is 4.40. The summed E-state index contributed by atoms with van der Waals surface area (Å²) in [7, 11) is 0. The molecule has 0 saturated heterocycles. The molecule has 3 heteroatoms. The zero-order chi connectivity index (χ0) is 9.68. The molecule has 0 fully saturated rings. The molecule has 0 aliphatic heterocycles. The van der Waals surface area contributed by atoms with Gasteiger partial charge >= 0.3 is 0 Å². The number of pyridine rings is 1. The normalized spacial score (nSPS) is 12.1. The lowest BCUT2D eigenvalue weighted by Crippen LogP contribution is -2.11. The molecule has 1 rings (SSSR count). The first-order chi connectivity index (χ1) is 6.27. The molecule has 0 bridgehead atoms. The van der Waals surface area contributed by atoms with Crippen LogP contribution >= 0.6 is 0 Å². The number of nitrogens with two attached hydrogens (primary N) is 1. The summed E-state index contributed by atoms with van der Waals surface area (Å²) in [5, 5.41) is 8.62. The van der Waals surface area contributed by atoms with Crippen molar-refractivity contribution in [2.75, 3.05) is 0 Å². The second-order valence-electron chi connectivity index (χ2n) is 2.95. The minimum absolute atomic E-state index is 0.0432. The summed E-state index contributed by atoms with van der Waals surface area (Å²) in [5.74, 6) is 0. The second kappa shape index (κ2) is 4.58. The van der Waals surface area contributed by atoms with Gasteiger partial charge in [0, 0.05) is 6.04 Å². The van der Waals surface area contributed by atoms with E-state index in [0.717, 1.165) is 18.5 Å². The Bertz CT molecular complexity index is 314. The van der Waals surface area contributed by atoms with Gasteiger partial charge in [-0.1, -0.05) is 19.4 Å². The van der Waals surface area contributed by atoms with E-state index in [9.17, 15) is 0 Å². The minimum Gasteiger partial charge on any atom is -0.323 e. The summed E-state index contributed by atoms with van der Waals surface area (Å²) in [6, 6.07) is 7.32. The van der Waals surface area contributed by atoms with E-state index < -0.39 is 0 Å². The Morgan fingerprint density at radius 1 is 1.62 bits per heavy atom. The van der Waals surface area contributed by atoms with Crippen LogP contribution in [0.4, 0.5) is 0 Å². The van der Waals surface area contributed by atoms with Crippen LogP contribution in [0.2, 0.25) is 0 Å². The highest BCUT2D eigenvalue weighted by molar-refractivity contribution is 5.23. The summed E-state index contributed by atoms with van der Waals surface area (Å²) in [6.07, 6.45) is 1.93. The van der Waals surface area contributed by atoms with Crippen molar-refractivity contribution in [2.45, 2.75) is 25.8 Å². The third-order valence-electron chi connectivity index (χ3n) is 1.86. The van der Waals surface area contributed by atoms with Gasteiger partial charge in [-0.3, -0.25) is 0 Å². The van der Waals surface area contributed by atoms with Gasteiger partial charge in [0.25, 0.3) is 0 Å². The first kappa shape index (κ1) is 9.69. The lowest BCUT2D eigenvalue weighted by atomic mass is 10.1. The van der Waals surface area contributed by atoms with Gasteiger partial charge in [0.15, 0.2) is 0 Å². The highest BCUT2D eigenvalue weighted by Gasteiger charge is 2.06. The molecule has 1 aromatic rings. The average molecular weight is 175 g/mol. The van der Waals surface area contributed by atoms with Crippen LogP contribution in [0.5, 0.6) is 0 Å². The predicted octanol–water partition coefficient (Wildman–Crippen LogP) is 1.75. The molecule has 0 unspecified atom stereocenters. The van der Waals surface area contributed by atoms with E-state index >= 15 is 0 Å². The van der Waals surface area contributed by atoms with Gasteiger partial charge in [-0.15, -0.1) is 0 Å². The molecule has 3 nitrogen and oxygen atoms in total. The molecule has 0 aliphatic carbocycles. The number of hydrogen-bond donors (Lipinski definition) is 1. The maximum atomic E-state index is 8.62. The van der Waals surface area contributed by atoms with Crippen molar-refractivity contribution in [3.05, 3.63) is 29.6 Å². The predicted molar refractivity (Wildman–Crippen MR) is 50.8 cm³/mol. The van der Waals surface area contributed by atoms with Gasteiger partial charge in [0.05, 0.1) is 5.69 Å². The number of aromatic nitrogens is 1. The minimum atomic E-state index is -0.0432. The van der Waals surface area contributed by atoms with Gasteiger partial charge < -0.3 is 5.73 Å². The van der Waals surface area contributed by atoms with E-state index in [1.807, 2.05) is 18.2 Å². The molecule has 0 aromatic carbocycles. The highest BCUT2D eigenvalue weighted by atomic mass is 14.8. The summed E-state index contributed by atoms with van der Waals surface area (Å²) in [6.45, 7) is 2.08. The fraction of sp³-hybridized carbons (Fsp3) is 0.400. The van der Waals surface area contributed by atoms with Crippen molar-refractivity contribution in [1.82, 2.24) is 4.98 Å². The highest BCUT2D eigenvalue weighted by Crippen LogP contribution is 2.12. The SMILES string of the molecule is CCC[C@@H](N)c1cccc(C#N)n1. The monoisotopic (exact) mass is 175 g/mol. The number of rotatable bonds is 3. The van der Waals surface area contributed by atoms with Crippen molar-refractivity contribution in [1.29, 1.82) is 5.26 Å². The maximum Gasteiger partial charge on any atom is 0.140 e. The molecule has 13 heavy (non-hydrogen) atoms. The molecule has 0 saturated carbocycles. The number of nitriles is 1. The Balaban J connectivity index is 2.83. The van der Waals surface area contributed by atoms with Crippen molar-refractivity contribution in [2.24, 2.45) is 5.73 Å². The maximum absolute atomic E-state index is 8.62. The zero-order valence-electron chi connectivity index (χ0n) is 7.70. The molecule has 0 spiro atoms. The lowest BCUT2D eigenvalue weighted by Gasteiger charge is -2.08. The topological polar surface area (TPSA) is 62.7 Å². The van der Waals surface area contributed by atoms with E-state index in [2.05, 4.69) is 11.9 Å². The van der Waals surface area contributed by atoms with Gasteiger partial charge in [-0.25, -0.2) is 4.98 Å². The van der Waals surface area contributed by atoms with Crippen LogP contribution in [-0.2, 0) is 0 Å². The third-order valence-corrected chi connectivity index (χ3v) is 1.86. The second-order valence-corrected chi connectivity index (χ2v) is 2.95. The van der Waals surface area contributed by atoms with Crippen molar-refractivity contribution in [3.63, 3.8) is 0 Å². The quantitative estimate of drug-likeness (QED) is 0.761. The molecule has 68 valence electrons. The van der Waals surface area contributed by atoms with Gasteiger partial charge in [-0.05, 0) is 18.6 Å². The number of hydrogen-bond acceptors (Lipinski definition) is 3. The van der Waals surface area contributed by atoms with Crippen LogP contribution in [0.15, 0.2) is 18.2 Å². The van der Waals surface area contributed by atoms with E-state index in [4.69, 9.17) is 11.0 Å². The summed E-state index contributed by atoms with van der Waals surface area (Å²) in [4.78, 5) is 4.12. The van der Waals surface area contributed by atoms with Gasteiger partial charge in [-0.2, -0.15) is 5.26 Å². The Labute approximate surface area is 78.2 Å². The lowest BCUT2D eigenvalue weighted by molar-refractivity contribution is 0.621. The summed E-state index contributed by atoms with van der Waals surface area (Å²) in [5.41, 5.74) is 7.10. The molecule has 1 heterocycles. The molecule has 0 radical (unpaired) electrons. The molecule has 0 amide bonds. The largest absolute Gasteiger partial charge is 0.323 e. The zero-order valence-corrected chi connectivity index (χ0v) is 7.70. The summed E-state index contributed by atoms with van der Waals surface area (Å²) >= 11 is 0. The van der Waals surface area contributed by atoms with Crippen LogP contribution < -0.4 is 5.73 Å².